The summed E-state index contributed by atoms with van der Waals surface area (Å²) in [6, 6.07) is 9.98. The molecule has 9 nitrogen and oxygen atoms in total. The van der Waals surface area contributed by atoms with Crippen LogP contribution in [0.5, 0.6) is 0 Å². The predicted octanol–water partition coefficient (Wildman–Crippen LogP) is 5.42. The minimum absolute atomic E-state index is 0.0346. The summed E-state index contributed by atoms with van der Waals surface area (Å²) in [4.78, 5) is 28.2. The molecule has 2 fully saturated rings. The minimum atomic E-state index is -2.59. The minimum Gasteiger partial charge on any atom is -0.464 e. The Morgan fingerprint density at radius 2 is 1.88 bits per heavy atom. The van der Waals surface area contributed by atoms with E-state index < -0.39 is 12.0 Å². The van der Waals surface area contributed by atoms with E-state index in [0.29, 0.717) is 49.5 Å². The quantitative estimate of drug-likeness (QED) is 0.297. The van der Waals surface area contributed by atoms with Gasteiger partial charge < -0.3 is 19.9 Å². The van der Waals surface area contributed by atoms with Crippen LogP contribution in [0.4, 0.5) is 20.4 Å². The Morgan fingerprint density at radius 1 is 1.12 bits per heavy atom. The number of alkyl halides is 2. The third-order valence-electron chi connectivity index (χ3n) is 8.45. The highest BCUT2D eigenvalue weighted by Crippen LogP contribution is 2.41. The molecule has 1 aliphatic carbocycles. The van der Waals surface area contributed by atoms with Crippen molar-refractivity contribution in [3.8, 4) is 11.3 Å². The van der Waals surface area contributed by atoms with Gasteiger partial charge in [0.05, 0.1) is 30.5 Å². The second kappa shape index (κ2) is 13.8. The maximum Gasteiger partial charge on any atom is 0.308 e. The normalized spacial score (nSPS) is 20.9. The fourth-order valence-corrected chi connectivity index (χ4v) is 5.82. The van der Waals surface area contributed by atoms with Gasteiger partial charge in [0.15, 0.2) is 0 Å². The van der Waals surface area contributed by atoms with Gasteiger partial charge in [0, 0.05) is 43.2 Å². The van der Waals surface area contributed by atoms with E-state index in [9.17, 15) is 18.7 Å². The van der Waals surface area contributed by atoms with Gasteiger partial charge >= 0.3 is 5.97 Å². The van der Waals surface area contributed by atoms with E-state index in [4.69, 9.17) is 9.47 Å². The molecule has 0 aromatic carbocycles. The molecule has 1 atom stereocenters. The van der Waals surface area contributed by atoms with Crippen molar-refractivity contribution < 1.29 is 28.2 Å². The number of morpholine rings is 1. The molecule has 1 saturated heterocycles. The molecule has 3 aromatic heterocycles. The molecular weight excluding hydrogens is 556 g/mol. The third kappa shape index (κ3) is 7.90. The van der Waals surface area contributed by atoms with E-state index in [2.05, 4.69) is 25.2 Å². The maximum atomic E-state index is 13.1. The Bertz CT molecular complexity index is 1370. The summed E-state index contributed by atoms with van der Waals surface area (Å²) in [7, 11) is 0. The number of halogens is 2. The van der Waals surface area contributed by atoms with Crippen molar-refractivity contribution >= 4 is 17.6 Å². The van der Waals surface area contributed by atoms with Crippen molar-refractivity contribution in [2.75, 3.05) is 44.8 Å². The zero-order valence-electron chi connectivity index (χ0n) is 24.6. The average Bonchev–Trinajstić information content (AvgIpc) is 3.01. The first-order chi connectivity index (χ1) is 20.7. The summed E-state index contributed by atoms with van der Waals surface area (Å²) in [5.41, 5.74) is 1.61. The number of ether oxygens (including phenoxy) is 2. The number of aryl methyl sites for hydroxylation is 1. The number of nitrogens with one attached hydrogen (secondary N) is 1. The van der Waals surface area contributed by atoms with Crippen LogP contribution in [0.1, 0.15) is 55.9 Å². The fourth-order valence-electron chi connectivity index (χ4n) is 5.82. The van der Waals surface area contributed by atoms with Crippen LogP contribution in [0, 0.1) is 18.8 Å². The van der Waals surface area contributed by atoms with Gasteiger partial charge in [0.25, 0.3) is 6.43 Å². The molecule has 1 unspecified atom stereocenters. The lowest BCUT2D eigenvalue weighted by molar-refractivity contribution is -0.151. The van der Waals surface area contributed by atoms with Crippen LogP contribution in [0.25, 0.3) is 11.3 Å². The molecule has 11 heteroatoms. The summed E-state index contributed by atoms with van der Waals surface area (Å²) < 4.78 is 37.1. The number of aromatic nitrogens is 3. The number of rotatable bonds is 10. The summed E-state index contributed by atoms with van der Waals surface area (Å²) in [5.74, 6) is 0.428. The molecule has 0 radical (unpaired) electrons. The largest absolute Gasteiger partial charge is 0.464 e. The lowest BCUT2D eigenvalue weighted by atomic mass is 9.73. The molecule has 43 heavy (non-hydrogen) atoms. The molecular formula is C32H39F2N5O4. The Labute approximate surface area is 250 Å². The molecule has 2 N–H and O–H groups in total. The number of pyridine rings is 3. The van der Waals surface area contributed by atoms with E-state index >= 15 is 0 Å². The highest BCUT2D eigenvalue weighted by molar-refractivity contribution is 5.72. The average molecular weight is 596 g/mol. The Balaban J connectivity index is 1.17. The number of nitrogens with zero attached hydrogens (tertiary/aromatic N) is 4. The zero-order valence-corrected chi connectivity index (χ0v) is 24.6. The molecule has 230 valence electrons. The lowest BCUT2D eigenvalue weighted by Gasteiger charge is -2.37. The van der Waals surface area contributed by atoms with E-state index in [0.717, 1.165) is 44.0 Å². The molecule has 4 heterocycles. The molecule has 0 spiro atoms. The number of hydrogen-bond acceptors (Lipinski definition) is 9. The second-order valence-corrected chi connectivity index (χ2v) is 11.6. The molecule has 1 aliphatic heterocycles. The number of anilines is 2. The van der Waals surface area contributed by atoms with Gasteiger partial charge in [-0.25, -0.2) is 18.7 Å². The predicted molar refractivity (Wildman–Crippen MR) is 158 cm³/mol. The Kier molecular flexibility index (Phi) is 9.94. The van der Waals surface area contributed by atoms with Gasteiger partial charge in [0.2, 0.25) is 0 Å². The highest BCUT2D eigenvalue weighted by atomic mass is 19.3. The van der Waals surface area contributed by atoms with E-state index in [1.165, 1.54) is 18.3 Å². The van der Waals surface area contributed by atoms with E-state index in [1.807, 2.05) is 31.2 Å². The van der Waals surface area contributed by atoms with Crippen LogP contribution >= 0.6 is 0 Å². The van der Waals surface area contributed by atoms with Gasteiger partial charge in [0.1, 0.15) is 23.8 Å². The SMILES string of the molecule is Cc1cc(Nc2cc(C(F)F)ccn2)nc(-c2ccc(C(C)(O)[C@H]3CC[C@H](C(=O)OCCN4CCOCC4)CC3)nc2)c1. The van der Waals surface area contributed by atoms with Crippen molar-refractivity contribution in [1.29, 1.82) is 0 Å². The summed E-state index contributed by atoms with van der Waals surface area (Å²) in [6.45, 7) is 7.99. The van der Waals surface area contributed by atoms with Crippen LogP contribution in [0.15, 0.2) is 48.8 Å². The number of hydrogen-bond donors (Lipinski definition) is 2. The van der Waals surface area contributed by atoms with Crippen LogP contribution < -0.4 is 5.32 Å². The smallest absolute Gasteiger partial charge is 0.308 e. The van der Waals surface area contributed by atoms with Crippen LogP contribution in [0.2, 0.25) is 0 Å². The first-order valence-electron chi connectivity index (χ1n) is 14.8. The van der Waals surface area contributed by atoms with E-state index in [-0.39, 0.29) is 29.2 Å². The Hall–Kier alpha value is -3.54. The molecule has 0 amide bonds. The fraction of sp³-hybridized carbons (Fsp3) is 0.500. The van der Waals surface area contributed by atoms with Crippen molar-refractivity contribution in [3.63, 3.8) is 0 Å². The van der Waals surface area contributed by atoms with Crippen molar-refractivity contribution in [2.24, 2.45) is 11.8 Å². The molecule has 5 rings (SSSR count). The zero-order chi connectivity index (χ0) is 30.4. The third-order valence-corrected chi connectivity index (χ3v) is 8.45. The number of carbonyl (C=O) groups excluding carboxylic acids is 1. The molecule has 1 saturated carbocycles. The monoisotopic (exact) mass is 595 g/mol. The number of aliphatic hydroxyl groups is 1. The first-order valence-corrected chi connectivity index (χ1v) is 14.8. The molecule has 3 aromatic rings. The number of carbonyl (C=O) groups is 1. The van der Waals surface area contributed by atoms with Crippen molar-refractivity contribution in [3.05, 3.63) is 65.6 Å². The van der Waals surface area contributed by atoms with Crippen LogP contribution in [-0.2, 0) is 19.9 Å². The summed E-state index contributed by atoms with van der Waals surface area (Å²) in [5, 5.41) is 14.5. The van der Waals surface area contributed by atoms with Crippen molar-refractivity contribution in [1.82, 2.24) is 19.9 Å². The maximum absolute atomic E-state index is 13.1. The van der Waals surface area contributed by atoms with Gasteiger partial charge in [-0.2, -0.15) is 0 Å². The van der Waals surface area contributed by atoms with Gasteiger partial charge in [-0.3, -0.25) is 14.7 Å². The second-order valence-electron chi connectivity index (χ2n) is 11.6. The van der Waals surface area contributed by atoms with Crippen LogP contribution in [-0.4, -0.2) is 70.4 Å². The standard InChI is InChI=1S/C32H39F2N5O4/c1-21-17-26(37-29(18-21)38-28-19-23(30(33)34)9-10-35-28)24-5-8-27(36-20-24)32(2,41)25-6-3-22(4-7-25)31(40)43-16-13-39-11-14-42-15-12-39/h5,8-10,17-20,22,25,30,41H,3-4,6-7,11-16H2,1-2H3,(H,35,37,38)/t22-,25-,32?. The van der Waals surface area contributed by atoms with Gasteiger partial charge in [-0.1, -0.05) is 0 Å². The first kappa shape index (κ1) is 30.9. The molecule has 0 bridgehead atoms. The Morgan fingerprint density at radius 3 is 2.58 bits per heavy atom. The summed E-state index contributed by atoms with van der Waals surface area (Å²) >= 11 is 0. The van der Waals surface area contributed by atoms with E-state index in [1.54, 1.807) is 13.1 Å². The molecule has 2 aliphatic rings. The topological polar surface area (TPSA) is 110 Å². The van der Waals surface area contributed by atoms with Crippen LogP contribution in [0.3, 0.4) is 0 Å². The summed E-state index contributed by atoms with van der Waals surface area (Å²) in [6.07, 6.45) is 3.18. The van der Waals surface area contributed by atoms with Gasteiger partial charge in [-0.05, 0) is 87.4 Å². The number of esters is 1. The van der Waals surface area contributed by atoms with Crippen molar-refractivity contribution in [2.45, 2.75) is 51.6 Å². The van der Waals surface area contributed by atoms with Gasteiger partial charge in [-0.15, -0.1) is 0 Å². The lowest BCUT2D eigenvalue weighted by Crippen LogP contribution is -2.39. The highest BCUT2D eigenvalue weighted by Gasteiger charge is 2.39.